The summed E-state index contributed by atoms with van der Waals surface area (Å²) >= 11 is 0. The molecule has 2 saturated heterocycles. The van der Waals surface area contributed by atoms with Crippen molar-refractivity contribution in [3.05, 3.63) is 0 Å². The number of likely N-dealkylation sites (tertiary alicyclic amines) is 1. The third-order valence-electron chi connectivity index (χ3n) is 4.58. The van der Waals surface area contributed by atoms with Gasteiger partial charge in [-0.25, -0.2) is 4.79 Å². The van der Waals surface area contributed by atoms with Crippen molar-refractivity contribution in [3.8, 4) is 0 Å². The standard InChI is InChI=1S/C17H34N6O2.HI/c1-17(2,3)25-16(24)23-10-13(11-23)20-15(18-4)19-9-14-12-21(5)7-8-22(14)6;/h13-14H,7-12H2,1-6H3,(H2,18,19,20);1H. The summed E-state index contributed by atoms with van der Waals surface area (Å²) in [5.41, 5.74) is -0.452. The number of piperazine rings is 1. The molecule has 1 amide bonds. The zero-order valence-corrected chi connectivity index (χ0v) is 19.2. The van der Waals surface area contributed by atoms with E-state index < -0.39 is 5.60 Å². The Balaban J connectivity index is 0.00000338. The molecule has 9 heteroatoms. The maximum absolute atomic E-state index is 12.0. The minimum absolute atomic E-state index is 0. The lowest BCUT2D eigenvalue weighted by atomic mass is 10.1. The predicted octanol–water partition coefficient (Wildman–Crippen LogP) is 0.635. The van der Waals surface area contributed by atoms with E-state index in [-0.39, 0.29) is 36.1 Å². The fourth-order valence-corrected chi connectivity index (χ4v) is 2.97. The van der Waals surface area contributed by atoms with Crippen LogP contribution in [0, 0.1) is 0 Å². The van der Waals surface area contributed by atoms with Crippen LogP contribution in [0.15, 0.2) is 4.99 Å². The Bertz CT molecular complexity index is 490. The highest BCUT2D eigenvalue weighted by molar-refractivity contribution is 14.0. The number of nitrogens with one attached hydrogen (secondary N) is 2. The number of rotatable bonds is 3. The fraction of sp³-hybridized carbons (Fsp3) is 0.882. The summed E-state index contributed by atoms with van der Waals surface area (Å²) in [6, 6.07) is 0.683. The molecule has 0 bridgehead atoms. The summed E-state index contributed by atoms with van der Waals surface area (Å²) in [6.07, 6.45) is -0.250. The molecule has 0 radical (unpaired) electrons. The Labute approximate surface area is 174 Å². The molecule has 8 nitrogen and oxygen atoms in total. The van der Waals surface area contributed by atoms with E-state index >= 15 is 0 Å². The summed E-state index contributed by atoms with van der Waals surface area (Å²) in [6.45, 7) is 11.0. The van der Waals surface area contributed by atoms with Crippen LogP contribution in [0.25, 0.3) is 0 Å². The van der Waals surface area contributed by atoms with Gasteiger partial charge in [0.15, 0.2) is 5.96 Å². The van der Waals surface area contributed by atoms with Crippen LogP contribution in [0.3, 0.4) is 0 Å². The first-order valence-electron chi connectivity index (χ1n) is 9.02. The Hall–Kier alpha value is -0.810. The van der Waals surface area contributed by atoms with Crippen LogP contribution in [0.2, 0.25) is 0 Å². The van der Waals surface area contributed by atoms with Crippen LogP contribution < -0.4 is 10.6 Å². The highest BCUT2D eigenvalue weighted by atomic mass is 127. The van der Waals surface area contributed by atoms with E-state index in [4.69, 9.17) is 4.74 Å². The van der Waals surface area contributed by atoms with Crippen molar-refractivity contribution in [2.45, 2.75) is 38.5 Å². The van der Waals surface area contributed by atoms with Gasteiger partial charge in [0.1, 0.15) is 5.60 Å². The Kier molecular flexibility index (Phi) is 8.87. The van der Waals surface area contributed by atoms with Crippen LogP contribution in [-0.4, -0.2) is 105 Å². The van der Waals surface area contributed by atoms with Crippen molar-refractivity contribution in [1.82, 2.24) is 25.3 Å². The first kappa shape index (κ1) is 23.2. The number of hydrogen-bond donors (Lipinski definition) is 2. The second kappa shape index (κ2) is 9.93. The van der Waals surface area contributed by atoms with E-state index in [0.717, 1.165) is 32.1 Å². The maximum atomic E-state index is 12.0. The molecule has 2 aliphatic rings. The van der Waals surface area contributed by atoms with Gasteiger partial charge in [-0.3, -0.25) is 9.89 Å². The average molecular weight is 482 g/mol. The van der Waals surface area contributed by atoms with E-state index in [1.54, 1.807) is 11.9 Å². The zero-order valence-electron chi connectivity index (χ0n) is 16.9. The number of amides is 1. The third kappa shape index (κ3) is 7.07. The van der Waals surface area contributed by atoms with E-state index in [1.165, 1.54) is 0 Å². The van der Waals surface area contributed by atoms with Crippen LogP contribution in [0.1, 0.15) is 20.8 Å². The van der Waals surface area contributed by atoms with Crippen LogP contribution >= 0.6 is 24.0 Å². The second-order valence-electron chi connectivity index (χ2n) is 8.08. The summed E-state index contributed by atoms with van der Waals surface area (Å²) in [4.78, 5) is 22.7. The first-order valence-corrected chi connectivity index (χ1v) is 9.02. The predicted molar refractivity (Wildman–Crippen MR) is 115 cm³/mol. The van der Waals surface area contributed by atoms with Crippen molar-refractivity contribution in [2.24, 2.45) is 4.99 Å². The van der Waals surface area contributed by atoms with Gasteiger partial charge in [0, 0.05) is 52.4 Å². The van der Waals surface area contributed by atoms with Crippen molar-refractivity contribution < 1.29 is 9.53 Å². The first-order chi connectivity index (χ1) is 11.7. The molecule has 2 aliphatic heterocycles. The number of halogens is 1. The minimum Gasteiger partial charge on any atom is -0.444 e. The monoisotopic (exact) mass is 482 g/mol. The number of guanidine groups is 1. The minimum atomic E-state index is -0.452. The quantitative estimate of drug-likeness (QED) is 0.350. The molecule has 26 heavy (non-hydrogen) atoms. The highest BCUT2D eigenvalue weighted by Crippen LogP contribution is 2.15. The van der Waals surface area contributed by atoms with E-state index in [0.29, 0.717) is 19.1 Å². The number of carbonyl (C=O) groups excluding carboxylic acids is 1. The summed E-state index contributed by atoms with van der Waals surface area (Å²) in [5, 5.41) is 6.78. The summed E-state index contributed by atoms with van der Waals surface area (Å²) < 4.78 is 5.37. The van der Waals surface area contributed by atoms with Gasteiger partial charge >= 0.3 is 6.09 Å². The molecule has 152 valence electrons. The molecule has 0 aliphatic carbocycles. The average Bonchev–Trinajstić information content (AvgIpc) is 2.46. The van der Waals surface area contributed by atoms with E-state index in [2.05, 4.69) is 39.5 Å². The molecule has 1 atom stereocenters. The number of aliphatic imine (C=N–C) groups is 1. The fourth-order valence-electron chi connectivity index (χ4n) is 2.97. The van der Waals surface area contributed by atoms with E-state index in [1.807, 2.05) is 20.8 Å². The van der Waals surface area contributed by atoms with E-state index in [9.17, 15) is 4.79 Å². The number of nitrogens with zero attached hydrogens (tertiary/aromatic N) is 4. The molecule has 0 spiro atoms. The van der Waals surface area contributed by atoms with Gasteiger partial charge in [-0.05, 0) is 34.9 Å². The number of ether oxygens (including phenoxy) is 1. The maximum Gasteiger partial charge on any atom is 0.410 e. The topological polar surface area (TPSA) is 72.4 Å². The number of carbonyl (C=O) groups is 1. The molecule has 0 saturated carbocycles. The number of hydrogen-bond acceptors (Lipinski definition) is 5. The molecule has 2 rings (SSSR count). The van der Waals surface area contributed by atoms with Gasteiger partial charge in [-0.15, -0.1) is 24.0 Å². The zero-order chi connectivity index (χ0) is 18.6. The van der Waals surface area contributed by atoms with Crippen molar-refractivity contribution in [2.75, 3.05) is 60.4 Å². The molecule has 2 fully saturated rings. The lowest BCUT2D eigenvalue weighted by Crippen LogP contribution is -2.63. The van der Waals surface area contributed by atoms with Crippen LogP contribution in [-0.2, 0) is 4.74 Å². The normalized spacial score (nSPS) is 23.1. The molecule has 0 aromatic rings. The van der Waals surface area contributed by atoms with Gasteiger partial charge in [0.05, 0.1) is 6.04 Å². The third-order valence-corrected chi connectivity index (χ3v) is 4.58. The molecular weight excluding hydrogens is 447 g/mol. The molecule has 0 aromatic carbocycles. The number of likely N-dealkylation sites (N-methyl/N-ethyl adjacent to an activating group) is 2. The Morgan fingerprint density at radius 1 is 1.19 bits per heavy atom. The summed E-state index contributed by atoms with van der Waals surface area (Å²) in [5.74, 6) is 0.787. The molecule has 2 heterocycles. The van der Waals surface area contributed by atoms with Gasteiger partial charge in [-0.2, -0.15) is 0 Å². The molecular formula is C17H35IN6O2. The Morgan fingerprint density at radius 2 is 1.85 bits per heavy atom. The lowest BCUT2D eigenvalue weighted by Gasteiger charge is -2.41. The molecule has 1 unspecified atom stereocenters. The van der Waals surface area contributed by atoms with Crippen molar-refractivity contribution in [1.29, 1.82) is 0 Å². The van der Waals surface area contributed by atoms with Crippen molar-refractivity contribution >= 4 is 36.0 Å². The molecule has 0 aromatic heterocycles. The summed E-state index contributed by atoms with van der Waals surface area (Å²) in [7, 11) is 6.10. The highest BCUT2D eigenvalue weighted by Gasteiger charge is 2.34. The smallest absolute Gasteiger partial charge is 0.410 e. The lowest BCUT2D eigenvalue weighted by molar-refractivity contribution is 0.00699. The van der Waals surface area contributed by atoms with Crippen molar-refractivity contribution in [3.63, 3.8) is 0 Å². The largest absolute Gasteiger partial charge is 0.444 e. The van der Waals surface area contributed by atoms with Gasteiger partial charge < -0.3 is 25.2 Å². The van der Waals surface area contributed by atoms with Crippen LogP contribution in [0.5, 0.6) is 0 Å². The van der Waals surface area contributed by atoms with Gasteiger partial charge in [0.2, 0.25) is 0 Å². The molecule has 2 N–H and O–H groups in total. The van der Waals surface area contributed by atoms with Crippen LogP contribution in [0.4, 0.5) is 4.79 Å². The van der Waals surface area contributed by atoms with Gasteiger partial charge in [-0.1, -0.05) is 0 Å². The Morgan fingerprint density at radius 3 is 2.42 bits per heavy atom. The second-order valence-corrected chi connectivity index (χ2v) is 8.08. The van der Waals surface area contributed by atoms with Gasteiger partial charge in [0.25, 0.3) is 0 Å². The SMILES string of the molecule is CN=C(NCC1CN(C)CCN1C)NC1CN(C(=O)OC(C)(C)C)C1.I.